The Morgan fingerprint density at radius 2 is 1.82 bits per heavy atom. The number of rotatable bonds is 1. The maximum atomic E-state index is 11.3. The molecule has 0 aliphatic rings. The van der Waals surface area contributed by atoms with Crippen LogP contribution < -0.4 is 4.94 Å². The number of hydrogen-bond acceptors (Lipinski definition) is 5. The van der Waals surface area contributed by atoms with Crippen molar-refractivity contribution in [3.63, 3.8) is 0 Å². The molecule has 0 saturated heterocycles. The van der Waals surface area contributed by atoms with Crippen LogP contribution in [0.1, 0.15) is 0 Å². The second-order valence-electron chi connectivity index (χ2n) is 3.97. The van der Waals surface area contributed by atoms with Gasteiger partial charge in [0.15, 0.2) is 5.58 Å². The number of nitrogens with one attached hydrogen (secondary N) is 1. The molecule has 2 aromatic carbocycles. The van der Waals surface area contributed by atoms with Crippen molar-refractivity contribution in [1.29, 1.82) is 0 Å². The average Bonchev–Trinajstić information content (AvgIpc) is 2.80. The number of phenolic OH excluding ortho intramolecular Hbond substituents is 1. The molecule has 0 radical (unpaired) electrons. The number of aromatic hydroxyl groups is 1. The van der Waals surface area contributed by atoms with Crippen molar-refractivity contribution in [3.05, 3.63) is 51.9 Å². The predicted molar refractivity (Wildman–Crippen MR) is 84.4 cm³/mol. The van der Waals surface area contributed by atoms with E-state index in [2.05, 4.69) is 11.6 Å². The first-order valence-electron chi connectivity index (χ1n) is 5.80. The van der Waals surface area contributed by atoms with Crippen LogP contribution in [0.3, 0.4) is 0 Å². The van der Waals surface area contributed by atoms with Crippen molar-refractivity contribution in [2.45, 2.75) is 0 Å². The molecule has 0 bridgehead atoms. The average molecular weight is 509 g/mol. The van der Waals surface area contributed by atoms with E-state index < -0.39 is 4.94 Å². The molecule has 1 heterocycles. The zero-order valence-electron chi connectivity index (χ0n) is 11.1. The molecule has 1 aromatic heterocycles. The van der Waals surface area contributed by atoms with E-state index in [1.165, 1.54) is 6.07 Å². The molecular formula is C14H11ClNO4SW-. The smallest absolute Gasteiger partial charge is 0.396 e. The standard InChI is InChI=1S/C13H8NO3S.CH3ClO.W/c14-8-3-1-7(2-4-8)10-5-9(15)6-11-12(10)17-13(16)18-11;2-1-3;/h1-6,14-15H;3H,1H2;/q-1;;. The van der Waals surface area contributed by atoms with E-state index in [0.29, 0.717) is 21.5 Å². The maximum Gasteiger partial charge on any atom is 0.396 e. The van der Waals surface area contributed by atoms with Gasteiger partial charge in [0, 0.05) is 32.7 Å². The molecule has 0 amide bonds. The van der Waals surface area contributed by atoms with Gasteiger partial charge in [0.2, 0.25) is 0 Å². The summed E-state index contributed by atoms with van der Waals surface area (Å²) in [5.74, 6) is 0.0875. The number of halogens is 1. The number of hydrogen-bond donors (Lipinski definition) is 2. The minimum absolute atomic E-state index is 0. The SMILES string of the molecule is OCCl.[NH-]c1ccc(-c2cc(O)cc3sc(=O)oc23)cc1.[W]. The Labute approximate surface area is 149 Å². The summed E-state index contributed by atoms with van der Waals surface area (Å²) >= 11 is 5.51. The first-order valence-corrected chi connectivity index (χ1v) is 7.15. The molecule has 5 nitrogen and oxygen atoms in total. The van der Waals surface area contributed by atoms with Crippen LogP contribution in [-0.4, -0.2) is 16.3 Å². The van der Waals surface area contributed by atoms with Crippen molar-refractivity contribution in [2.24, 2.45) is 0 Å². The Morgan fingerprint density at radius 1 is 1.23 bits per heavy atom. The molecule has 0 atom stereocenters. The summed E-state index contributed by atoms with van der Waals surface area (Å²) in [6, 6.07) is 9.60. The van der Waals surface area contributed by atoms with E-state index in [-0.39, 0.29) is 32.9 Å². The van der Waals surface area contributed by atoms with E-state index in [4.69, 9.17) is 15.3 Å². The van der Waals surface area contributed by atoms with Crippen molar-refractivity contribution in [3.8, 4) is 16.9 Å². The minimum Gasteiger partial charge on any atom is -0.699 e. The van der Waals surface area contributed by atoms with Crippen LogP contribution in [0.25, 0.3) is 27.1 Å². The minimum atomic E-state index is -0.394. The molecule has 22 heavy (non-hydrogen) atoms. The van der Waals surface area contributed by atoms with E-state index >= 15 is 0 Å². The fraction of sp³-hybridized carbons (Fsp3) is 0.0714. The third kappa shape index (κ3) is 4.33. The molecule has 3 aromatic rings. The van der Waals surface area contributed by atoms with E-state index in [0.717, 1.165) is 16.9 Å². The molecule has 0 aliphatic heterocycles. The molecule has 3 N–H and O–H groups in total. The molecule has 0 saturated carbocycles. The van der Waals surface area contributed by atoms with Crippen LogP contribution in [0.5, 0.6) is 5.75 Å². The van der Waals surface area contributed by atoms with Gasteiger partial charge in [-0.25, -0.2) is 4.79 Å². The van der Waals surface area contributed by atoms with Gasteiger partial charge >= 0.3 is 4.94 Å². The van der Waals surface area contributed by atoms with Gasteiger partial charge in [-0.1, -0.05) is 47.2 Å². The van der Waals surface area contributed by atoms with Crippen LogP contribution in [0.4, 0.5) is 5.69 Å². The fourth-order valence-corrected chi connectivity index (χ4v) is 2.56. The zero-order chi connectivity index (χ0) is 15.4. The number of benzene rings is 2. The Morgan fingerprint density at radius 3 is 2.41 bits per heavy atom. The summed E-state index contributed by atoms with van der Waals surface area (Å²) in [6.45, 7) is 0. The Balaban J connectivity index is 0.000000562. The predicted octanol–water partition coefficient (Wildman–Crippen LogP) is 4.08. The van der Waals surface area contributed by atoms with Crippen LogP contribution in [0, 0.1) is 0 Å². The third-order valence-electron chi connectivity index (χ3n) is 2.61. The number of aliphatic hydroxyl groups excluding tert-OH is 1. The second kappa shape index (κ2) is 8.34. The van der Waals surface area contributed by atoms with E-state index in [1.54, 1.807) is 30.3 Å². The van der Waals surface area contributed by atoms with Gasteiger partial charge in [-0.2, -0.15) is 0 Å². The Hall–Kier alpha value is -1.33. The van der Waals surface area contributed by atoms with Gasteiger partial charge in [0.25, 0.3) is 0 Å². The Bertz CT molecular complexity index is 801. The largest absolute Gasteiger partial charge is 0.699 e. The zero-order valence-corrected chi connectivity index (χ0v) is 15.6. The monoisotopic (exact) mass is 508 g/mol. The normalized spacial score (nSPS) is 9.73. The maximum absolute atomic E-state index is 11.3. The molecule has 8 heteroatoms. The van der Waals surface area contributed by atoms with Crippen LogP contribution >= 0.6 is 22.9 Å². The summed E-state index contributed by atoms with van der Waals surface area (Å²) in [5.41, 5.74) is 9.78. The van der Waals surface area contributed by atoms with E-state index in [1.807, 2.05) is 0 Å². The summed E-state index contributed by atoms with van der Waals surface area (Å²) < 4.78 is 5.76. The van der Waals surface area contributed by atoms with Gasteiger partial charge in [-0.3, -0.25) is 0 Å². The van der Waals surface area contributed by atoms with Crippen LogP contribution in [-0.2, 0) is 21.1 Å². The van der Waals surface area contributed by atoms with Crippen molar-refractivity contribution in [2.75, 3.05) is 6.07 Å². The van der Waals surface area contributed by atoms with Gasteiger partial charge in [0.05, 0.1) is 4.70 Å². The number of aliphatic hydroxyl groups is 1. The van der Waals surface area contributed by atoms with Gasteiger partial charge in [-0.05, 0) is 11.6 Å². The molecular weight excluding hydrogens is 498 g/mol. The number of fused-ring (bicyclic) bond motifs is 1. The van der Waals surface area contributed by atoms with Crippen LogP contribution in [0.2, 0.25) is 0 Å². The first-order chi connectivity index (χ1) is 10.0. The summed E-state index contributed by atoms with van der Waals surface area (Å²) in [4.78, 5) is 10.9. The Kier molecular flexibility index (Phi) is 7.10. The number of phenols is 1. The fourth-order valence-electron chi connectivity index (χ4n) is 1.83. The van der Waals surface area contributed by atoms with Crippen LogP contribution in [0.15, 0.2) is 45.6 Å². The van der Waals surface area contributed by atoms with Crippen molar-refractivity contribution < 1.29 is 35.7 Å². The van der Waals surface area contributed by atoms with Gasteiger partial charge < -0.3 is 20.4 Å². The molecule has 116 valence electrons. The number of alkyl halides is 1. The molecule has 0 spiro atoms. The van der Waals surface area contributed by atoms with E-state index in [9.17, 15) is 9.90 Å². The molecule has 0 unspecified atom stereocenters. The van der Waals surface area contributed by atoms with Gasteiger partial charge in [0.1, 0.15) is 11.8 Å². The molecule has 3 rings (SSSR count). The van der Waals surface area contributed by atoms with Gasteiger partial charge in [-0.15, -0.1) is 5.69 Å². The molecule has 0 aliphatic carbocycles. The third-order valence-corrected chi connectivity index (χ3v) is 3.39. The second-order valence-corrected chi connectivity index (χ2v) is 5.19. The summed E-state index contributed by atoms with van der Waals surface area (Å²) in [5, 5.41) is 17.0. The summed E-state index contributed by atoms with van der Waals surface area (Å²) in [6.07, 6.45) is 0. The quantitative estimate of drug-likeness (QED) is 0.485. The first kappa shape index (κ1) is 18.7. The summed E-state index contributed by atoms with van der Waals surface area (Å²) in [7, 11) is 0. The molecule has 0 fully saturated rings. The topological polar surface area (TPSA) is 94.5 Å². The van der Waals surface area contributed by atoms with Crippen molar-refractivity contribution >= 4 is 38.9 Å². The van der Waals surface area contributed by atoms with Crippen molar-refractivity contribution in [1.82, 2.24) is 0 Å².